The van der Waals surface area contributed by atoms with Crippen LogP contribution >= 0.6 is 0 Å². The standard InChI is InChI=1S/C25H29NO5/c1-5-7-8-9-11-17-12-10-13-20-23(17)31-21(6-2)25(28)26(20)24(27)19-15-14-18(29-3)16-22(19)30-4/h9-16,21H,5-8H2,1-4H3/b11-9+. The van der Waals surface area contributed by atoms with Crippen LogP contribution in [0, 0.1) is 0 Å². The van der Waals surface area contributed by atoms with Gasteiger partial charge in [0.2, 0.25) is 0 Å². The average molecular weight is 424 g/mol. The van der Waals surface area contributed by atoms with E-state index in [-0.39, 0.29) is 11.5 Å². The third-order valence-electron chi connectivity index (χ3n) is 5.26. The molecule has 164 valence electrons. The summed E-state index contributed by atoms with van der Waals surface area (Å²) in [5.41, 5.74) is 1.57. The van der Waals surface area contributed by atoms with Crippen LogP contribution in [0.5, 0.6) is 17.2 Å². The summed E-state index contributed by atoms with van der Waals surface area (Å²) in [5, 5.41) is 0. The fraction of sp³-hybridized carbons (Fsp3) is 0.360. The van der Waals surface area contributed by atoms with Crippen LogP contribution in [0.15, 0.2) is 42.5 Å². The predicted octanol–water partition coefficient (Wildman–Crippen LogP) is 5.25. The Morgan fingerprint density at radius 3 is 2.65 bits per heavy atom. The van der Waals surface area contributed by atoms with Crippen LogP contribution in [0.4, 0.5) is 5.69 Å². The molecule has 2 aromatic carbocycles. The van der Waals surface area contributed by atoms with Crippen molar-refractivity contribution in [1.29, 1.82) is 0 Å². The van der Waals surface area contributed by atoms with Gasteiger partial charge in [0.15, 0.2) is 11.9 Å². The maximum Gasteiger partial charge on any atom is 0.275 e. The number of methoxy groups -OCH3 is 2. The monoisotopic (exact) mass is 423 g/mol. The number of unbranched alkanes of at least 4 members (excludes halogenated alkanes) is 2. The fourth-order valence-electron chi connectivity index (χ4n) is 3.53. The summed E-state index contributed by atoms with van der Waals surface area (Å²) in [7, 11) is 3.02. The number of allylic oxidation sites excluding steroid dienone is 1. The molecule has 0 aliphatic carbocycles. The van der Waals surface area contributed by atoms with Crippen molar-refractivity contribution in [1.82, 2.24) is 0 Å². The van der Waals surface area contributed by atoms with Crippen LogP contribution in [0.1, 0.15) is 55.5 Å². The molecule has 2 aromatic rings. The van der Waals surface area contributed by atoms with E-state index < -0.39 is 12.0 Å². The van der Waals surface area contributed by atoms with Gasteiger partial charge in [0.1, 0.15) is 11.5 Å². The summed E-state index contributed by atoms with van der Waals surface area (Å²) in [5.74, 6) is 0.606. The molecule has 6 heteroatoms. The van der Waals surface area contributed by atoms with E-state index >= 15 is 0 Å². The highest BCUT2D eigenvalue weighted by molar-refractivity contribution is 6.24. The fourth-order valence-corrected chi connectivity index (χ4v) is 3.53. The van der Waals surface area contributed by atoms with Gasteiger partial charge in [0.25, 0.3) is 11.8 Å². The zero-order valence-corrected chi connectivity index (χ0v) is 18.5. The number of benzene rings is 2. The van der Waals surface area contributed by atoms with E-state index in [2.05, 4.69) is 13.0 Å². The molecule has 1 aliphatic rings. The van der Waals surface area contributed by atoms with Crippen LogP contribution in [-0.2, 0) is 4.79 Å². The number of hydrogen-bond acceptors (Lipinski definition) is 5. The Morgan fingerprint density at radius 1 is 1.16 bits per heavy atom. The van der Waals surface area contributed by atoms with Crippen molar-refractivity contribution in [2.24, 2.45) is 0 Å². The molecule has 3 rings (SSSR count). The second-order valence-corrected chi connectivity index (χ2v) is 7.30. The highest BCUT2D eigenvalue weighted by Crippen LogP contribution is 2.40. The van der Waals surface area contributed by atoms with Crippen molar-refractivity contribution in [3.63, 3.8) is 0 Å². The van der Waals surface area contributed by atoms with Gasteiger partial charge in [0.05, 0.1) is 25.5 Å². The van der Waals surface area contributed by atoms with Gasteiger partial charge in [-0.1, -0.05) is 51.0 Å². The second-order valence-electron chi connectivity index (χ2n) is 7.30. The first kappa shape index (κ1) is 22.4. The van der Waals surface area contributed by atoms with Gasteiger partial charge in [-0.15, -0.1) is 0 Å². The Morgan fingerprint density at radius 2 is 1.97 bits per heavy atom. The van der Waals surface area contributed by atoms with Crippen LogP contribution in [0.3, 0.4) is 0 Å². The number of para-hydroxylation sites is 1. The maximum absolute atomic E-state index is 13.5. The number of anilines is 1. The molecule has 0 saturated carbocycles. The normalized spacial score (nSPS) is 15.5. The van der Waals surface area contributed by atoms with Gasteiger partial charge >= 0.3 is 0 Å². The molecule has 0 fully saturated rings. The predicted molar refractivity (Wildman–Crippen MR) is 121 cm³/mol. The summed E-state index contributed by atoms with van der Waals surface area (Å²) in [4.78, 5) is 27.9. The van der Waals surface area contributed by atoms with Crippen molar-refractivity contribution < 1.29 is 23.8 Å². The molecule has 0 spiro atoms. The van der Waals surface area contributed by atoms with Crippen molar-refractivity contribution >= 4 is 23.6 Å². The topological polar surface area (TPSA) is 65.1 Å². The third-order valence-corrected chi connectivity index (χ3v) is 5.26. The molecule has 1 unspecified atom stereocenters. The number of carbonyl (C=O) groups excluding carboxylic acids is 2. The van der Waals surface area contributed by atoms with E-state index in [1.54, 1.807) is 31.4 Å². The van der Waals surface area contributed by atoms with Gasteiger partial charge in [-0.05, 0) is 31.0 Å². The van der Waals surface area contributed by atoms with Crippen molar-refractivity contribution in [3.8, 4) is 17.2 Å². The summed E-state index contributed by atoms with van der Waals surface area (Å²) in [6, 6.07) is 10.4. The number of hydrogen-bond donors (Lipinski definition) is 0. The molecule has 0 N–H and O–H groups in total. The highest BCUT2D eigenvalue weighted by atomic mass is 16.5. The quantitative estimate of drug-likeness (QED) is 0.428. The molecule has 0 radical (unpaired) electrons. The van der Waals surface area contributed by atoms with Crippen LogP contribution in [-0.4, -0.2) is 32.1 Å². The first-order chi connectivity index (χ1) is 15.0. The number of rotatable bonds is 8. The minimum atomic E-state index is -0.731. The smallest absolute Gasteiger partial charge is 0.275 e. The second kappa shape index (κ2) is 10.2. The van der Waals surface area contributed by atoms with E-state index in [0.29, 0.717) is 29.4 Å². The van der Waals surface area contributed by atoms with E-state index in [0.717, 1.165) is 24.8 Å². The van der Waals surface area contributed by atoms with Gasteiger partial charge in [0, 0.05) is 11.6 Å². The summed E-state index contributed by atoms with van der Waals surface area (Å²) in [6.07, 6.45) is 6.99. The SMILES string of the molecule is CCCC/C=C/c1cccc2c1OC(CC)C(=O)N2C(=O)c1ccc(OC)cc1OC. The first-order valence-corrected chi connectivity index (χ1v) is 10.6. The summed E-state index contributed by atoms with van der Waals surface area (Å²) < 4.78 is 16.7. The highest BCUT2D eigenvalue weighted by Gasteiger charge is 2.39. The molecule has 1 heterocycles. The summed E-state index contributed by atoms with van der Waals surface area (Å²) in [6.45, 7) is 4.01. The first-order valence-electron chi connectivity index (χ1n) is 10.6. The van der Waals surface area contributed by atoms with Gasteiger partial charge < -0.3 is 14.2 Å². The minimum absolute atomic E-state index is 0.281. The van der Waals surface area contributed by atoms with Gasteiger partial charge in [-0.3, -0.25) is 9.59 Å². The van der Waals surface area contributed by atoms with E-state index in [4.69, 9.17) is 14.2 Å². The Kier molecular flexibility index (Phi) is 7.34. The van der Waals surface area contributed by atoms with Crippen molar-refractivity contribution in [2.75, 3.05) is 19.1 Å². The molecule has 0 aromatic heterocycles. The van der Waals surface area contributed by atoms with Crippen LogP contribution in [0.2, 0.25) is 0 Å². The van der Waals surface area contributed by atoms with Crippen molar-refractivity contribution in [2.45, 2.75) is 45.6 Å². The third kappa shape index (κ3) is 4.58. The number of nitrogens with zero attached hydrogens (tertiary/aromatic N) is 1. The molecule has 0 saturated heterocycles. The van der Waals surface area contributed by atoms with Crippen molar-refractivity contribution in [3.05, 3.63) is 53.6 Å². The Balaban J connectivity index is 2.06. The molecule has 1 atom stereocenters. The van der Waals surface area contributed by atoms with Crippen LogP contribution in [0.25, 0.3) is 6.08 Å². The molecule has 0 bridgehead atoms. The lowest BCUT2D eigenvalue weighted by atomic mass is 10.0. The lowest BCUT2D eigenvalue weighted by molar-refractivity contribution is -0.125. The Bertz CT molecular complexity index is 982. The number of imide groups is 1. The number of amides is 2. The maximum atomic E-state index is 13.5. The number of fused-ring (bicyclic) bond motifs is 1. The molecule has 1 aliphatic heterocycles. The van der Waals surface area contributed by atoms with Crippen LogP contribution < -0.4 is 19.1 Å². The summed E-state index contributed by atoms with van der Waals surface area (Å²) >= 11 is 0. The lowest BCUT2D eigenvalue weighted by Crippen LogP contribution is -2.49. The average Bonchev–Trinajstić information content (AvgIpc) is 2.80. The molecular weight excluding hydrogens is 394 g/mol. The Labute approximate surface area is 183 Å². The minimum Gasteiger partial charge on any atom is -0.497 e. The zero-order chi connectivity index (χ0) is 22.4. The zero-order valence-electron chi connectivity index (χ0n) is 18.5. The number of ether oxygens (including phenoxy) is 3. The molecular formula is C25H29NO5. The number of carbonyl (C=O) groups is 2. The largest absolute Gasteiger partial charge is 0.497 e. The molecule has 31 heavy (non-hydrogen) atoms. The van der Waals surface area contributed by atoms with Gasteiger partial charge in [-0.2, -0.15) is 0 Å². The molecule has 6 nitrogen and oxygen atoms in total. The van der Waals surface area contributed by atoms with E-state index in [1.807, 2.05) is 25.1 Å². The van der Waals surface area contributed by atoms with E-state index in [9.17, 15) is 9.59 Å². The lowest BCUT2D eigenvalue weighted by Gasteiger charge is -2.33. The molecule has 2 amide bonds. The van der Waals surface area contributed by atoms with Gasteiger partial charge in [-0.25, -0.2) is 4.90 Å². The van der Waals surface area contributed by atoms with E-state index in [1.165, 1.54) is 12.0 Å². The Hall–Kier alpha value is -3.28.